The molecule has 4 aliphatic heterocycles. The molecule has 2 amide bonds. The summed E-state index contributed by atoms with van der Waals surface area (Å²) in [6.45, 7) is 11.3. The van der Waals surface area contributed by atoms with Gasteiger partial charge < -0.3 is 40.5 Å². The number of nitrogens with zero attached hydrogens (tertiary/aromatic N) is 7. The van der Waals surface area contributed by atoms with Gasteiger partial charge in [-0.15, -0.1) is 0 Å². The van der Waals surface area contributed by atoms with Crippen molar-refractivity contribution in [1.82, 2.24) is 19.9 Å². The summed E-state index contributed by atoms with van der Waals surface area (Å²) in [6.07, 6.45) is -7.20. The molecule has 2 saturated heterocycles. The largest absolute Gasteiger partial charge is 0.477 e. The zero-order chi connectivity index (χ0) is 54.7. The molecule has 0 unspecified atom stereocenters. The standard InChI is InChI=1S/C27H27ClF3N5O3.C16H13ClF3N3.C10H16N2O2/c1-26(2,14-37)15-39-22-8-4-7-21(32-22)33-25(38)36-18-9-10-35(13-18)20-12-19(28)23(34-24(20)36)16-5-3-6-17(11-16)27(29,30)31;17-12-7-13-15(21-11-4-5-23(13)8-11)22-14(12)9-2-1-3-10(6-9)16(18,19)20;1-10(2,6-13)7-14-9-5-3-4-8(11)12-9/h3-8,11-12,18,37H,9-10,13-15H2,1-2H3,(H,32,33,38);1-3,6-7,11H,4-5,8H2,(H,21,22);3-5,13H,6-7H2,1-2H3,(H2,11,12)/t18-;11-;/m00./s1. The van der Waals surface area contributed by atoms with Crippen molar-refractivity contribution in [3.05, 3.63) is 118 Å². The summed E-state index contributed by atoms with van der Waals surface area (Å²) in [5.74, 6) is 2.48. The molecule has 4 aromatic heterocycles. The summed E-state index contributed by atoms with van der Waals surface area (Å²) in [7, 11) is 0. The Morgan fingerprint density at radius 3 is 1.80 bits per heavy atom. The number of halogens is 8. The third kappa shape index (κ3) is 13.2. The number of rotatable bonds is 11. The van der Waals surface area contributed by atoms with E-state index in [2.05, 4.69) is 40.4 Å². The molecule has 404 valence electrons. The Morgan fingerprint density at radius 1 is 0.697 bits per heavy atom. The SMILES string of the molecule is CC(C)(CO)COc1cccc(N)n1.CC(C)(CO)COc1cccc(NC(=O)N2c3nc(-c4cccc(C(F)(F)F)c4)c(Cl)cc3N3CC[C@H]2C3)n1.FC(F)(F)c1cccc(-c2nc3c(cc2Cl)N2CC[C@@H](C2)N3)c1. The fourth-order valence-corrected chi connectivity index (χ4v) is 9.08. The van der Waals surface area contributed by atoms with Gasteiger partial charge in [0.15, 0.2) is 11.6 Å². The van der Waals surface area contributed by atoms with Gasteiger partial charge in [-0.25, -0.2) is 14.8 Å². The van der Waals surface area contributed by atoms with Gasteiger partial charge in [0.1, 0.15) is 11.6 Å². The van der Waals surface area contributed by atoms with Gasteiger partial charge in [0.05, 0.1) is 76.4 Å². The lowest BCUT2D eigenvalue weighted by Crippen LogP contribution is -2.48. The van der Waals surface area contributed by atoms with Crippen LogP contribution in [0.3, 0.4) is 0 Å². The number of amides is 2. The quantitative estimate of drug-likeness (QED) is 0.0772. The first-order chi connectivity index (χ1) is 35.9. The average molecular weight is 1100 g/mol. The van der Waals surface area contributed by atoms with Gasteiger partial charge in [-0.3, -0.25) is 10.2 Å². The average Bonchev–Trinajstić information content (AvgIpc) is 4.00. The van der Waals surface area contributed by atoms with Gasteiger partial charge in [0.2, 0.25) is 11.8 Å². The van der Waals surface area contributed by atoms with Crippen molar-refractivity contribution in [2.75, 3.05) is 83.7 Å². The summed E-state index contributed by atoms with van der Waals surface area (Å²) in [5, 5.41) is 25.1. The van der Waals surface area contributed by atoms with E-state index in [1.807, 2.05) is 27.7 Å². The number of ether oxygens (including phenoxy) is 2. The van der Waals surface area contributed by atoms with E-state index in [1.54, 1.807) is 54.6 Å². The van der Waals surface area contributed by atoms with Crippen LogP contribution in [-0.2, 0) is 12.4 Å². The number of carbonyl (C=O) groups is 1. The number of nitrogens with one attached hydrogen (secondary N) is 2. The lowest BCUT2D eigenvalue weighted by Gasteiger charge is -2.36. The molecule has 6 N–H and O–H groups in total. The molecule has 2 atom stereocenters. The number of aliphatic hydroxyl groups is 2. The van der Waals surface area contributed by atoms with Crippen molar-refractivity contribution >= 4 is 63.9 Å². The smallest absolute Gasteiger partial charge is 0.416 e. The molecule has 76 heavy (non-hydrogen) atoms. The first-order valence-electron chi connectivity index (χ1n) is 24.2. The highest BCUT2D eigenvalue weighted by atomic mass is 35.5. The van der Waals surface area contributed by atoms with Crippen molar-refractivity contribution in [3.63, 3.8) is 0 Å². The number of nitrogen functional groups attached to an aromatic ring is 1. The predicted molar refractivity (Wildman–Crippen MR) is 281 cm³/mol. The van der Waals surface area contributed by atoms with E-state index < -0.39 is 34.9 Å². The van der Waals surface area contributed by atoms with Crippen LogP contribution in [0.5, 0.6) is 11.8 Å². The highest BCUT2D eigenvalue weighted by Crippen LogP contribution is 2.45. The second kappa shape index (κ2) is 22.4. The molecule has 0 radical (unpaired) electrons. The highest BCUT2D eigenvalue weighted by molar-refractivity contribution is 6.34. The van der Waals surface area contributed by atoms with Crippen molar-refractivity contribution in [3.8, 4) is 34.3 Å². The Hall–Kier alpha value is -6.81. The van der Waals surface area contributed by atoms with Crippen molar-refractivity contribution < 1.29 is 50.8 Å². The van der Waals surface area contributed by atoms with Crippen LogP contribution in [0.2, 0.25) is 10.0 Å². The number of alkyl halides is 6. The zero-order valence-corrected chi connectivity index (χ0v) is 43.3. The van der Waals surface area contributed by atoms with Crippen LogP contribution in [0.15, 0.2) is 97.1 Å². The Kier molecular flexibility index (Phi) is 16.3. The van der Waals surface area contributed by atoms with Gasteiger partial charge in [-0.1, -0.05) is 87.3 Å². The van der Waals surface area contributed by atoms with Crippen LogP contribution in [0.25, 0.3) is 22.5 Å². The maximum absolute atomic E-state index is 13.6. The van der Waals surface area contributed by atoms with Crippen molar-refractivity contribution in [1.29, 1.82) is 0 Å². The first kappa shape index (κ1) is 55.4. The molecule has 10 rings (SSSR count). The van der Waals surface area contributed by atoms with Crippen molar-refractivity contribution in [2.45, 2.75) is 65.0 Å². The van der Waals surface area contributed by atoms with E-state index in [-0.39, 0.29) is 59.3 Å². The fraction of sp³-hybridized carbons (Fsp3) is 0.377. The van der Waals surface area contributed by atoms with Gasteiger partial charge in [-0.05, 0) is 61.4 Å². The fourth-order valence-electron chi connectivity index (χ4n) is 8.57. The monoisotopic (exact) mass is 1100 g/mol. The zero-order valence-electron chi connectivity index (χ0n) is 41.8. The van der Waals surface area contributed by atoms with E-state index in [9.17, 15) is 36.2 Å². The Balaban J connectivity index is 0.000000173. The minimum Gasteiger partial charge on any atom is -0.477 e. The first-order valence-corrected chi connectivity index (χ1v) is 25.0. The maximum Gasteiger partial charge on any atom is 0.416 e. The normalized spacial score (nSPS) is 16.6. The number of urea groups is 1. The molecule has 4 bridgehead atoms. The minimum absolute atomic E-state index is 0.0598. The summed E-state index contributed by atoms with van der Waals surface area (Å²) >= 11 is 12.8. The molecule has 4 aliphatic rings. The maximum atomic E-state index is 13.6. The lowest BCUT2D eigenvalue weighted by molar-refractivity contribution is -0.138. The van der Waals surface area contributed by atoms with Gasteiger partial charge >= 0.3 is 18.4 Å². The number of hydrogen-bond acceptors (Lipinski definition) is 13. The number of pyridine rings is 4. The number of fused-ring (bicyclic) bond motifs is 8. The van der Waals surface area contributed by atoms with E-state index in [4.69, 9.17) is 43.5 Å². The number of anilines is 6. The van der Waals surface area contributed by atoms with Crippen LogP contribution in [0, 0.1) is 10.8 Å². The molecule has 6 aromatic rings. The minimum atomic E-state index is -4.52. The Labute approximate surface area is 445 Å². The van der Waals surface area contributed by atoms with Crippen LogP contribution >= 0.6 is 23.2 Å². The second-order valence-electron chi connectivity index (χ2n) is 20.3. The number of nitrogens with two attached hydrogens (primary N) is 1. The third-order valence-electron chi connectivity index (χ3n) is 12.8. The van der Waals surface area contributed by atoms with Gasteiger partial charge in [-0.2, -0.15) is 36.3 Å². The molecule has 23 heteroatoms. The van der Waals surface area contributed by atoms with Crippen LogP contribution in [0.1, 0.15) is 51.7 Å². The Bertz CT molecular complexity index is 3060. The number of aromatic nitrogens is 4. The molecule has 8 heterocycles. The summed E-state index contributed by atoms with van der Waals surface area (Å²) in [5.41, 5.74) is 5.88. The van der Waals surface area contributed by atoms with E-state index >= 15 is 0 Å². The molecular weight excluding hydrogens is 1040 g/mol. The molecular formula is C53H56Cl2F6N10O5. The number of benzene rings is 2. The summed E-state index contributed by atoms with van der Waals surface area (Å²) in [6, 6.07) is 23.2. The molecule has 2 aromatic carbocycles. The summed E-state index contributed by atoms with van der Waals surface area (Å²) < 4.78 is 89.8. The lowest BCUT2D eigenvalue weighted by atomic mass is 9.97. The van der Waals surface area contributed by atoms with Crippen molar-refractivity contribution in [2.24, 2.45) is 10.8 Å². The third-order valence-corrected chi connectivity index (χ3v) is 13.4. The van der Waals surface area contributed by atoms with Crippen LogP contribution < -0.4 is 40.5 Å². The predicted octanol–water partition coefficient (Wildman–Crippen LogP) is 11.3. The van der Waals surface area contributed by atoms with Crippen LogP contribution in [-0.4, -0.2) is 101 Å². The molecule has 2 fully saturated rings. The van der Waals surface area contributed by atoms with E-state index in [0.29, 0.717) is 77.5 Å². The van der Waals surface area contributed by atoms with Gasteiger partial charge in [0.25, 0.3) is 0 Å². The van der Waals surface area contributed by atoms with Gasteiger partial charge in [0, 0.05) is 66.3 Å². The van der Waals surface area contributed by atoms with E-state index in [1.165, 1.54) is 23.1 Å². The van der Waals surface area contributed by atoms with E-state index in [0.717, 1.165) is 49.5 Å². The highest BCUT2D eigenvalue weighted by Gasteiger charge is 2.42. The number of aliphatic hydroxyl groups excluding tert-OH is 2. The number of hydrogen-bond donors (Lipinski definition) is 5. The molecule has 15 nitrogen and oxygen atoms in total. The van der Waals surface area contributed by atoms with Crippen LogP contribution in [0.4, 0.5) is 65.8 Å². The molecule has 0 saturated carbocycles. The molecule has 0 aliphatic carbocycles. The number of carbonyl (C=O) groups excluding carboxylic acids is 1. The molecule has 0 spiro atoms. The topological polar surface area (TPSA) is 187 Å². The summed E-state index contributed by atoms with van der Waals surface area (Å²) in [4.78, 5) is 36.8. The Morgan fingerprint density at radius 2 is 1.22 bits per heavy atom. The second-order valence-corrected chi connectivity index (χ2v) is 21.1.